The van der Waals surface area contributed by atoms with E-state index in [1.807, 2.05) is 0 Å². The molecule has 0 saturated carbocycles. The number of nitriles is 1. The van der Waals surface area contributed by atoms with E-state index in [0.717, 1.165) is 29.6 Å². The smallest absolute Gasteiger partial charge is 0.251 e. The van der Waals surface area contributed by atoms with Crippen LogP contribution in [0.3, 0.4) is 0 Å². The molecular weight excluding hydrogens is 378 g/mol. The number of rotatable bonds is 4. The van der Waals surface area contributed by atoms with Gasteiger partial charge in [0.25, 0.3) is 5.03 Å². The lowest BCUT2D eigenvalue weighted by molar-refractivity contribution is -0.645. The second kappa shape index (κ2) is 7.91. The summed E-state index contributed by atoms with van der Waals surface area (Å²) in [5.74, 6) is 0.510. The molecule has 0 unspecified atom stereocenters. The number of thioether (sulfide) groups is 1. The van der Waals surface area contributed by atoms with E-state index >= 15 is 0 Å². The van der Waals surface area contributed by atoms with Gasteiger partial charge in [0, 0.05) is 17.0 Å². The first kappa shape index (κ1) is 19.7. The summed E-state index contributed by atoms with van der Waals surface area (Å²) in [6.45, 7) is 6.77. The number of hydrogen-bond donors (Lipinski definition) is 1. The van der Waals surface area contributed by atoms with Crippen LogP contribution in [0.1, 0.15) is 43.2 Å². The predicted octanol–water partition coefficient (Wildman–Crippen LogP) is 4.13. The van der Waals surface area contributed by atoms with E-state index in [9.17, 15) is 15.3 Å². The van der Waals surface area contributed by atoms with E-state index in [0.29, 0.717) is 21.5 Å². The Morgan fingerprint density at radius 2 is 2.26 bits per heavy atom. The van der Waals surface area contributed by atoms with Crippen molar-refractivity contribution in [2.45, 2.75) is 45.1 Å². The topological polar surface area (TPSA) is 79.8 Å². The Labute approximate surface area is 168 Å². The molecule has 1 aliphatic rings. The first-order valence-corrected chi connectivity index (χ1v) is 10.7. The molecule has 142 valence electrons. The third-order valence-electron chi connectivity index (χ3n) is 4.99. The second-order valence-corrected chi connectivity index (χ2v) is 9.93. The number of hydrogen-bond acceptors (Lipinski definition) is 5. The molecule has 2 aromatic heterocycles. The number of amides is 1. The molecule has 1 amide bonds. The third kappa shape index (κ3) is 4.45. The van der Waals surface area contributed by atoms with Crippen LogP contribution >= 0.6 is 23.1 Å². The number of carbonyl (C=O) groups excluding carboxylic acids is 1. The van der Waals surface area contributed by atoms with E-state index < -0.39 is 0 Å². The Hall–Kier alpha value is -2.04. The van der Waals surface area contributed by atoms with Gasteiger partial charge in [0.1, 0.15) is 11.1 Å². The van der Waals surface area contributed by atoms with Gasteiger partial charge in [-0.25, -0.2) is 0 Å². The van der Waals surface area contributed by atoms with Crippen molar-refractivity contribution in [2.75, 3.05) is 11.1 Å². The summed E-state index contributed by atoms with van der Waals surface area (Å²) in [7, 11) is 0. The van der Waals surface area contributed by atoms with Gasteiger partial charge in [-0.3, -0.25) is 4.79 Å². The summed E-state index contributed by atoms with van der Waals surface area (Å²) < 4.78 is 0.745. The van der Waals surface area contributed by atoms with Crippen molar-refractivity contribution in [2.24, 2.45) is 11.3 Å². The zero-order valence-electron chi connectivity index (χ0n) is 15.7. The molecule has 2 aromatic rings. The predicted molar refractivity (Wildman–Crippen MR) is 109 cm³/mol. The fourth-order valence-electron chi connectivity index (χ4n) is 3.36. The molecule has 1 aliphatic carbocycles. The summed E-state index contributed by atoms with van der Waals surface area (Å²) >= 11 is 2.72. The van der Waals surface area contributed by atoms with Crippen LogP contribution in [0.4, 0.5) is 5.00 Å². The maximum Gasteiger partial charge on any atom is 0.251 e. The van der Waals surface area contributed by atoms with Crippen molar-refractivity contribution < 1.29 is 9.52 Å². The number of nitrogens with zero attached hydrogens (tertiary/aromatic N) is 2. The van der Waals surface area contributed by atoms with Crippen molar-refractivity contribution >= 4 is 34.0 Å². The standard InChI is InChI=1S/C20H23N3O2S2/c1-20(2,3)13-7-8-14-15(11-21)19(27-16(14)10-13)22-17(24)12-26-18-6-4-5-9-23(18)25/h4-6,9,13H,7-8,10,12H2,1-3H3,(H,22,24)/t13-/m1/s1. The molecule has 3 rings (SSSR count). The van der Waals surface area contributed by atoms with Crippen molar-refractivity contribution in [1.29, 1.82) is 5.26 Å². The fourth-order valence-corrected chi connectivity index (χ4v) is 5.37. The average Bonchev–Trinajstić information content (AvgIpc) is 2.96. The van der Waals surface area contributed by atoms with Crippen LogP contribution < -0.4 is 10.0 Å². The number of fused-ring (bicyclic) bond motifs is 1. The van der Waals surface area contributed by atoms with Crippen molar-refractivity contribution in [3.63, 3.8) is 0 Å². The van der Waals surface area contributed by atoms with Crippen LogP contribution in [0.15, 0.2) is 29.4 Å². The molecule has 1 atom stereocenters. The van der Waals surface area contributed by atoms with Gasteiger partial charge in [0.05, 0.1) is 11.3 Å². The Morgan fingerprint density at radius 1 is 1.48 bits per heavy atom. The molecule has 0 saturated heterocycles. The number of carbonyl (C=O) groups is 1. The Kier molecular flexibility index (Phi) is 5.78. The van der Waals surface area contributed by atoms with E-state index in [1.54, 1.807) is 18.2 Å². The van der Waals surface area contributed by atoms with Gasteiger partial charge in [0.2, 0.25) is 5.91 Å². The van der Waals surface area contributed by atoms with Crippen LogP contribution in [0.5, 0.6) is 0 Å². The minimum Gasteiger partial charge on any atom is -0.618 e. The molecule has 0 radical (unpaired) electrons. The normalized spacial score (nSPS) is 16.4. The summed E-state index contributed by atoms with van der Waals surface area (Å²) in [6.07, 6.45) is 4.33. The van der Waals surface area contributed by atoms with Crippen LogP contribution in [-0.4, -0.2) is 11.7 Å². The van der Waals surface area contributed by atoms with Crippen molar-refractivity contribution in [3.8, 4) is 6.07 Å². The van der Waals surface area contributed by atoms with Crippen LogP contribution in [0.2, 0.25) is 0 Å². The first-order valence-electron chi connectivity index (χ1n) is 8.95. The summed E-state index contributed by atoms with van der Waals surface area (Å²) in [5.41, 5.74) is 1.95. The summed E-state index contributed by atoms with van der Waals surface area (Å²) in [4.78, 5) is 13.6. The molecule has 7 heteroatoms. The zero-order valence-corrected chi connectivity index (χ0v) is 17.4. The average molecular weight is 402 g/mol. The molecule has 2 heterocycles. The van der Waals surface area contributed by atoms with Gasteiger partial charge in [0.15, 0.2) is 6.20 Å². The molecule has 0 spiro atoms. The summed E-state index contributed by atoms with van der Waals surface area (Å²) in [6, 6.07) is 7.38. The Bertz CT molecular complexity index is 894. The van der Waals surface area contributed by atoms with Crippen molar-refractivity contribution in [1.82, 2.24) is 0 Å². The molecule has 0 aromatic carbocycles. The Balaban J connectivity index is 1.71. The van der Waals surface area contributed by atoms with Crippen LogP contribution in [-0.2, 0) is 17.6 Å². The maximum absolute atomic E-state index is 12.4. The monoisotopic (exact) mass is 401 g/mol. The Morgan fingerprint density at radius 3 is 2.93 bits per heavy atom. The second-order valence-electron chi connectivity index (χ2n) is 7.83. The van der Waals surface area contributed by atoms with Gasteiger partial charge in [-0.1, -0.05) is 20.8 Å². The lowest BCUT2D eigenvalue weighted by atomic mass is 9.72. The molecule has 27 heavy (non-hydrogen) atoms. The van der Waals surface area contributed by atoms with Crippen LogP contribution in [0, 0.1) is 27.9 Å². The van der Waals surface area contributed by atoms with E-state index in [-0.39, 0.29) is 17.1 Å². The quantitative estimate of drug-likeness (QED) is 0.474. The zero-order chi connectivity index (χ0) is 19.6. The van der Waals surface area contributed by atoms with Crippen molar-refractivity contribution in [3.05, 3.63) is 45.6 Å². The van der Waals surface area contributed by atoms with Gasteiger partial charge in [-0.05, 0) is 54.0 Å². The van der Waals surface area contributed by atoms with E-state index in [4.69, 9.17) is 0 Å². The van der Waals surface area contributed by atoms with E-state index in [1.165, 1.54) is 34.2 Å². The molecule has 5 nitrogen and oxygen atoms in total. The highest BCUT2D eigenvalue weighted by molar-refractivity contribution is 7.99. The molecule has 0 fully saturated rings. The minimum absolute atomic E-state index is 0.129. The molecule has 1 N–H and O–H groups in total. The van der Waals surface area contributed by atoms with Gasteiger partial charge >= 0.3 is 0 Å². The number of thiophene rings is 1. The highest BCUT2D eigenvalue weighted by Crippen LogP contribution is 2.44. The third-order valence-corrected chi connectivity index (χ3v) is 7.18. The molecule has 0 aliphatic heterocycles. The fraction of sp³-hybridized carbons (Fsp3) is 0.450. The van der Waals surface area contributed by atoms with Gasteiger partial charge < -0.3 is 10.5 Å². The number of anilines is 1. The summed E-state index contributed by atoms with van der Waals surface area (Å²) in [5, 5.41) is 25.3. The van der Waals surface area contributed by atoms with Crippen LogP contribution in [0.25, 0.3) is 0 Å². The first-order chi connectivity index (χ1) is 12.8. The largest absolute Gasteiger partial charge is 0.618 e. The number of nitrogens with one attached hydrogen (secondary N) is 1. The lowest BCUT2D eigenvalue weighted by Crippen LogP contribution is -2.28. The highest BCUT2D eigenvalue weighted by Gasteiger charge is 2.32. The maximum atomic E-state index is 12.4. The minimum atomic E-state index is -0.202. The van der Waals surface area contributed by atoms with Gasteiger partial charge in [-0.15, -0.1) is 11.3 Å². The number of pyridine rings is 1. The lowest BCUT2D eigenvalue weighted by Gasteiger charge is -2.33. The van der Waals surface area contributed by atoms with Gasteiger partial charge in [-0.2, -0.15) is 9.99 Å². The number of aromatic nitrogens is 1. The molecule has 0 bridgehead atoms. The highest BCUT2D eigenvalue weighted by atomic mass is 32.2. The SMILES string of the molecule is CC(C)(C)[C@@H]1CCc2c(sc(NC(=O)CSc3cccc[n+]3[O-])c2C#N)C1. The van der Waals surface area contributed by atoms with E-state index in [2.05, 4.69) is 32.2 Å². The molecular formula is C20H23N3O2S2.